The molecule has 1 atom stereocenters. The van der Waals surface area contributed by atoms with Gasteiger partial charge in [-0.05, 0) is 57.0 Å². The van der Waals surface area contributed by atoms with Crippen LogP contribution in [-0.4, -0.2) is 25.0 Å². The molecule has 3 nitrogen and oxygen atoms in total. The molecule has 19 heavy (non-hydrogen) atoms. The average molecular weight is 262 g/mol. The highest BCUT2D eigenvalue weighted by atomic mass is 19.1. The first-order valence-corrected chi connectivity index (χ1v) is 6.91. The average Bonchev–Trinajstić information content (AvgIpc) is 2.61. The van der Waals surface area contributed by atoms with Gasteiger partial charge in [0, 0.05) is 18.3 Å². The lowest BCUT2D eigenvalue weighted by atomic mass is 9.75. The van der Waals surface area contributed by atoms with Gasteiger partial charge in [0.1, 0.15) is 5.82 Å². The number of anilines is 1. The molecule has 1 aromatic carbocycles. The van der Waals surface area contributed by atoms with Gasteiger partial charge in [0.15, 0.2) is 0 Å². The maximum Gasteiger partial charge on any atom is 0.239 e. The number of hydrogen-bond acceptors (Lipinski definition) is 2. The molecule has 3 rings (SSSR count). The van der Waals surface area contributed by atoms with Gasteiger partial charge in [0.25, 0.3) is 0 Å². The first-order valence-electron chi connectivity index (χ1n) is 6.91. The Balaban J connectivity index is 2.17. The molecule has 1 N–H and O–H groups in total. The number of nitrogens with zero attached hydrogens (tertiary/aromatic N) is 1. The number of nitrogens with one attached hydrogen (secondary N) is 1. The molecule has 0 saturated carbocycles. The Bertz CT molecular complexity index is 521. The zero-order valence-corrected chi connectivity index (χ0v) is 11.4. The maximum absolute atomic E-state index is 13.6. The van der Waals surface area contributed by atoms with Crippen molar-refractivity contribution in [2.75, 3.05) is 18.0 Å². The normalized spacial score (nSPS) is 26.3. The van der Waals surface area contributed by atoms with E-state index in [2.05, 4.69) is 5.32 Å². The molecule has 1 amide bonds. The Labute approximate surface area is 112 Å². The first kappa shape index (κ1) is 12.6. The van der Waals surface area contributed by atoms with E-state index in [1.54, 1.807) is 12.1 Å². The van der Waals surface area contributed by atoms with Crippen molar-refractivity contribution in [1.82, 2.24) is 5.32 Å². The van der Waals surface area contributed by atoms with Crippen molar-refractivity contribution in [2.45, 2.75) is 38.1 Å². The van der Waals surface area contributed by atoms with Crippen molar-refractivity contribution < 1.29 is 9.18 Å². The van der Waals surface area contributed by atoms with Gasteiger partial charge in [0.2, 0.25) is 5.91 Å². The number of hydrogen-bond donors (Lipinski definition) is 1. The molecule has 0 bridgehead atoms. The lowest BCUT2D eigenvalue weighted by molar-refractivity contribution is -0.124. The topological polar surface area (TPSA) is 32.3 Å². The summed E-state index contributed by atoms with van der Waals surface area (Å²) in [6.45, 7) is 5.55. The van der Waals surface area contributed by atoms with Crippen LogP contribution in [0.15, 0.2) is 18.2 Å². The number of rotatable bonds is 1. The number of piperidine rings is 1. The summed E-state index contributed by atoms with van der Waals surface area (Å²) in [5, 5.41) is 3.30. The lowest BCUT2D eigenvalue weighted by Gasteiger charge is -2.33. The van der Waals surface area contributed by atoms with Gasteiger partial charge in [-0.1, -0.05) is 0 Å². The van der Waals surface area contributed by atoms with Crippen molar-refractivity contribution >= 4 is 11.6 Å². The van der Waals surface area contributed by atoms with E-state index in [0.717, 1.165) is 30.6 Å². The Morgan fingerprint density at radius 2 is 2.21 bits per heavy atom. The third-order valence-corrected chi connectivity index (χ3v) is 4.26. The molecule has 2 aliphatic rings. The van der Waals surface area contributed by atoms with Crippen LogP contribution in [0, 0.1) is 5.82 Å². The summed E-state index contributed by atoms with van der Waals surface area (Å²) in [5.74, 6) is -0.141. The maximum atomic E-state index is 13.6. The molecule has 102 valence electrons. The van der Waals surface area contributed by atoms with Crippen LogP contribution in [0.2, 0.25) is 0 Å². The summed E-state index contributed by atoms with van der Waals surface area (Å²) in [5.41, 5.74) is 1.18. The fourth-order valence-electron chi connectivity index (χ4n) is 3.39. The second kappa shape index (κ2) is 4.30. The predicted molar refractivity (Wildman–Crippen MR) is 72.8 cm³/mol. The SMILES string of the molecule is CC(C)N1C(=O)[C@]2(CCCNC2)c2cc(F)ccc21. The Morgan fingerprint density at radius 3 is 2.84 bits per heavy atom. The Morgan fingerprint density at radius 1 is 1.42 bits per heavy atom. The van der Waals surface area contributed by atoms with Gasteiger partial charge >= 0.3 is 0 Å². The van der Waals surface area contributed by atoms with Crippen molar-refractivity contribution in [3.05, 3.63) is 29.6 Å². The van der Waals surface area contributed by atoms with Gasteiger partial charge in [-0.3, -0.25) is 4.79 Å². The van der Waals surface area contributed by atoms with E-state index in [-0.39, 0.29) is 17.8 Å². The molecule has 2 aliphatic heterocycles. The van der Waals surface area contributed by atoms with Crippen LogP contribution in [-0.2, 0) is 10.2 Å². The molecular formula is C15H19FN2O. The highest BCUT2D eigenvalue weighted by Crippen LogP contribution is 2.46. The van der Waals surface area contributed by atoms with Crippen molar-refractivity contribution in [3.8, 4) is 0 Å². The highest BCUT2D eigenvalue weighted by molar-refractivity contribution is 6.08. The van der Waals surface area contributed by atoms with E-state index in [1.165, 1.54) is 6.07 Å². The van der Waals surface area contributed by atoms with Crippen molar-refractivity contribution in [2.24, 2.45) is 0 Å². The summed E-state index contributed by atoms with van der Waals surface area (Å²) < 4.78 is 13.6. The number of benzene rings is 1. The molecule has 1 aromatic rings. The Kier molecular flexibility index (Phi) is 2.86. The number of halogens is 1. The van der Waals surface area contributed by atoms with E-state index in [1.807, 2.05) is 18.7 Å². The molecule has 0 radical (unpaired) electrons. The summed E-state index contributed by atoms with van der Waals surface area (Å²) in [4.78, 5) is 14.7. The second-order valence-electron chi connectivity index (χ2n) is 5.79. The molecular weight excluding hydrogens is 243 g/mol. The minimum Gasteiger partial charge on any atom is -0.315 e. The van der Waals surface area contributed by atoms with Crippen LogP contribution < -0.4 is 10.2 Å². The van der Waals surface area contributed by atoms with Gasteiger partial charge in [-0.2, -0.15) is 0 Å². The molecule has 0 unspecified atom stereocenters. The van der Waals surface area contributed by atoms with E-state index in [0.29, 0.717) is 6.54 Å². The minimum absolute atomic E-state index is 0.0954. The molecule has 1 fully saturated rings. The number of carbonyl (C=O) groups is 1. The largest absolute Gasteiger partial charge is 0.315 e. The van der Waals surface area contributed by atoms with Crippen LogP contribution in [0.5, 0.6) is 0 Å². The number of fused-ring (bicyclic) bond motifs is 2. The van der Waals surface area contributed by atoms with Gasteiger partial charge < -0.3 is 10.2 Å². The zero-order valence-electron chi connectivity index (χ0n) is 11.4. The van der Waals surface area contributed by atoms with E-state index < -0.39 is 5.41 Å². The van der Waals surface area contributed by atoms with E-state index >= 15 is 0 Å². The second-order valence-corrected chi connectivity index (χ2v) is 5.79. The predicted octanol–water partition coefficient (Wildman–Crippen LogP) is 2.20. The third-order valence-electron chi connectivity index (χ3n) is 4.26. The number of carbonyl (C=O) groups excluding carboxylic acids is 1. The molecule has 0 aliphatic carbocycles. The van der Waals surface area contributed by atoms with Crippen LogP contribution in [0.4, 0.5) is 10.1 Å². The fraction of sp³-hybridized carbons (Fsp3) is 0.533. The van der Waals surface area contributed by atoms with Crippen LogP contribution in [0.25, 0.3) is 0 Å². The highest BCUT2D eigenvalue weighted by Gasteiger charge is 2.51. The number of amides is 1. The van der Waals surface area contributed by atoms with Gasteiger partial charge in [0.05, 0.1) is 5.41 Å². The fourth-order valence-corrected chi connectivity index (χ4v) is 3.39. The summed E-state index contributed by atoms with van der Waals surface area (Å²) >= 11 is 0. The molecule has 1 saturated heterocycles. The molecule has 2 heterocycles. The molecule has 4 heteroatoms. The standard InChI is InChI=1S/C15H19FN2O/c1-10(2)18-13-5-4-11(16)8-12(13)15(14(18)19)6-3-7-17-9-15/h4-5,8,10,17H,3,6-7,9H2,1-2H3/t15-/m0/s1. The first-order chi connectivity index (χ1) is 9.06. The monoisotopic (exact) mass is 262 g/mol. The van der Waals surface area contributed by atoms with Crippen molar-refractivity contribution in [1.29, 1.82) is 0 Å². The minimum atomic E-state index is -0.556. The lowest BCUT2D eigenvalue weighted by Crippen LogP contribution is -2.51. The van der Waals surface area contributed by atoms with E-state index in [4.69, 9.17) is 0 Å². The van der Waals surface area contributed by atoms with Gasteiger partial charge in [-0.15, -0.1) is 0 Å². The van der Waals surface area contributed by atoms with Crippen LogP contribution in [0.1, 0.15) is 32.3 Å². The van der Waals surface area contributed by atoms with Crippen LogP contribution >= 0.6 is 0 Å². The summed E-state index contributed by atoms with van der Waals surface area (Å²) in [7, 11) is 0. The zero-order chi connectivity index (χ0) is 13.6. The van der Waals surface area contributed by atoms with Gasteiger partial charge in [-0.25, -0.2) is 4.39 Å². The Hall–Kier alpha value is -1.42. The summed E-state index contributed by atoms with van der Waals surface area (Å²) in [6, 6.07) is 4.82. The quantitative estimate of drug-likeness (QED) is 0.841. The molecule has 0 aromatic heterocycles. The molecule has 1 spiro atoms. The summed E-state index contributed by atoms with van der Waals surface area (Å²) in [6.07, 6.45) is 1.76. The smallest absolute Gasteiger partial charge is 0.239 e. The van der Waals surface area contributed by atoms with E-state index in [9.17, 15) is 9.18 Å². The van der Waals surface area contributed by atoms with Crippen molar-refractivity contribution in [3.63, 3.8) is 0 Å². The van der Waals surface area contributed by atoms with Crippen LogP contribution in [0.3, 0.4) is 0 Å². The third kappa shape index (κ3) is 1.70.